The third kappa shape index (κ3) is 4.07. The van der Waals surface area contributed by atoms with Crippen molar-refractivity contribution < 1.29 is 15.0 Å². The Morgan fingerprint density at radius 2 is 2.00 bits per heavy atom. The lowest BCUT2D eigenvalue weighted by Crippen LogP contribution is -2.45. The van der Waals surface area contributed by atoms with Crippen molar-refractivity contribution >= 4 is 5.91 Å². The first-order valence-electron chi connectivity index (χ1n) is 7.14. The Bertz CT molecular complexity index is 586. The molecule has 0 bridgehead atoms. The second kappa shape index (κ2) is 6.30. The van der Waals surface area contributed by atoms with Gasteiger partial charge in [0.2, 0.25) is 0 Å². The molecule has 2 rings (SSSR count). The highest BCUT2D eigenvalue weighted by Gasteiger charge is 2.30. The molecule has 0 unspecified atom stereocenters. The van der Waals surface area contributed by atoms with Crippen LogP contribution in [0, 0.1) is 18.8 Å². The van der Waals surface area contributed by atoms with Crippen LogP contribution in [-0.2, 0) is 0 Å². The molecule has 0 atom stereocenters. The van der Waals surface area contributed by atoms with Crippen LogP contribution < -0.4 is 0 Å². The lowest BCUT2D eigenvalue weighted by Gasteiger charge is -2.35. The first kappa shape index (κ1) is 15.6. The van der Waals surface area contributed by atoms with Crippen molar-refractivity contribution in [2.75, 3.05) is 19.7 Å². The second-order valence-corrected chi connectivity index (χ2v) is 5.84. The van der Waals surface area contributed by atoms with Gasteiger partial charge < -0.3 is 15.1 Å². The fourth-order valence-electron chi connectivity index (χ4n) is 2.49. The van der Waals surface area contributed by atoms with Crippen LogP contribution in [0.15, 0.2) is 18.2 Å². The largest absolute Gasteiger partial charge is 0.390 e. The Morgan fingerprint density at radius 3 is 2.62 bits per heavy atom. The topological polar surface area (TPSA) is 60.8 Å². The van der Waals surface area contributed by atoms with E-state index >= 15 is 0 Å². The number of benzene rings is 1. The molecule has 112 valence electrons. The predicted molar refractivity (Wildman–Crippen MR) is 80.9 cm³/mol. The van der Waals surface area contributed by atoms with Gasteiger partial charge in [-0.3, -0.25) is 4.79 Å². The smallest absolute Gasteiger partial charge is 0.253 e. The van der Waals surface area contributed by atoms with E-state index in [9.17, 15) is 9.90 Å². The fraction of sp³-hybridized carbons (Fsp3) is 0.471. The van der Waals surface area contributed by atoms with Gasteiger partial charge in [-0.1, -0.05) is 11.8 Å². The van der Waals surface area contributed by atoms with Gasteiger partial charge in [-0.2, -0.15) is 0 Å². The van der Waals surface area contributed by atoms with Gasteiger partial charge in [0, 0.05) is 24.2 Å². The molecule has 1 aliphatic rings. The number of aliphatic hydroxyl groups is 2. The number of hydrogen-bond donors (Lipinski definition) is 2. The summed E-state index contributed by atoms with van der Waals surface area (Å²) < 4.78 is 0. The summed E-state index contributed by atoms with van der Waals surface area (Å²) in [4.78, 5) is 14.3. The molecule has 0 saturated carbocycles. The maximum atomic E-state index is 12.5. The SMILES string of the molecule is Cc1cc(C#CCO)cc(C(=O)N2CCC(C)(O)CC2)c1. The van der Waals surface area contributed by atoms with Gasteiger partial charge in [0.25, 0.3) is 5.91 Å². The summed E-state index contributed by atoms with van der Waals surface area (Å²) in [7, 11) is 0. The molecule has 21 heavy (non-hydrogen) atoms. The van der Waals surface area contributed by atoms with Gasteiger partial charge in [0.1, 0.15) is 6.61 Å². The molecule has 1 amide bonds. The highest BCUT2D eigenvalue weighted by atomic mass is 16.3. The van der Waals surface area contributed by atoms with Crippen LogP contribution in [0.5, 0.6) is 0 Å². The van der Waals surface area contributed by atoms with Gasteiger partial charge in [-0.15, -0.1) is 0 Å². The molecule has 1 aliphatic heterocycles. The minimum Gasteiger partial charge on any atom is -0.390 e. The minimum absolute atomic E-state index is 0.0266. The summed E-state index contributed by atoms with van der Waals surface area (Å²) in [5.41, 5.74) is 1.64. The van der Waals surface area contributed by atoms with Crippen LogP contribution >= 0.6 is 0 Å². The van der Waals surface area contributed by atoms with Crippen molar-refractivity contribution in [1.82, 2.24) is 4.90 Å². The van der Waals surface area contributed by atoms with Gasteiger partial charge in [0.15, 0.2) is 0 Å². The van der Waals surface area contributed by atoms with Gasteiger partial charge in [-0.25, -0.2) is 0 Å². The molecule has 4 heteroatoms. The van der Waals surface area contributed by atoms with Crippen LogP contribution in [0.4, 0.5) is 0 Å². The molecule has 1 fully saturated rings. The Morgan fingerprint density at radius 1 is 1.33 bits per heavy atom. The first-order chi connectivity index (χ1) is 9.91. The zero-order valence-electron chi connectivity index (χ0n) is 12.5. The molecule has 2 N–H and O–H groups in total. The number of carbonyl (C=O) groups is 1. The first-order valence-corrected chi connectivity index (χ1v) is 7.14. The van der Waals surface area contributed by atoms with E-state index in [4.69, 9.17) is 5.11 Å². The van der Waals surface area contributed by atoms with E-state index in [1.54, 1.807) is 11.0 Å². The van der Waals surface area contributed by atoms with Crippen molar-refractivity contribution in [2.45, 2.75) is 32.3 Å². The molecule has 0 aromatic heterocycles. The number of aliphatic hydroxyl groups excluding tert-OH is 1. The van der Waals surface area contributed by atoms with Crippen LogP contribution in [-0.4, -0.2) is 46.3 Å². The number of likely N-dealkylation sites (tertiary alicyclic amines) is 1. The minimum atomic E-state index is -0.666. The number of nitrogens with zero attached hydrogens (tertiary/aromatic N) is 1. The zero-order valence-corrected chi connectivity index (χ0v) is 12.5. The summed E-state index contributed by atoms with van der Waals surface area (Å²) >= 11 is 0. The molecule has 1 heterocycles. The van der Waals surface area contributed by atoms with Gasteiger partial charge in [0.05, 0.1) is 5.60 Å². The number of hydrogen-bond acceptors (Lipinski definition) is 3. The predicted octanol–water partition coefficient (Wildman–Crippen LogP) is 1.33. The molecular weight excluding hydrogens is 266 g/mol. The van der Waals surface area contributed by atoms with Crippen LogP contribution in [0.1, 0.15) is 41.3 Å². The fourth-order valence-corrected chi connectivity index (χ4v) is 2.49. The van der Waals surface area contributed by atoms with Crippen LogP contribution in [0.2, 0.25) is 0 Å². The Labute approximate surface area is 125 Å². The summed E-state index contributed by atoms with van der Waals surface area (Å²) in [5, 5.41) is 18.7. The lowest BCUT2D eigenvalue weighted by atomic mass is 9.93. The summed E-state index contributed by atoms with van der Waals surface area (Å²) in [6, 6.07) is 5.49. The molecule has 0 aliphatic carbocycles. The lowest BCUT2D eigenvalue weighted by molar-refractivity contribution is -0.00203. The average molecular weight is 287 g/mol. The molecule has 1 saturated heterocycles. The van der Waals surface area contributed by atoms with Crippen molar-refractivity contribution in [3.8, 4) is 11.8 Å². The Hall–Kier alpha value is -1.83. The summed E-state index contributed by atoms with van der Waals surface area (Å²) in [5.74, 6) is 5.40. The van der Waals surface area contributed by atoms with Crippen molar-refractivity contribution in [3.63, 3.8) is 0 Å². The third-order valence-electron chi connectivity index (χ3n) is 3.76. The van der Waals surface area contributed by atoms with E-state index in [-0.39, 0.29) is 12.5 Å². The van der Waals surface area contributed by atoms with E-state index in [1.165, 1.54) is 0 Å². The standard InChI is InChI=1S/C17H21NO3/c1-13-10-14(4-3-9-19)12-15(11-13)16(20)18-7-5-17(2,21)6-8-18/h10-12,19,21H,5-9H2,1-2H3. The zero-order chi connectivity index (χ0) is 15.5. The average Bonchev–Trinajstić information content (AvgIpc) is 2.44. The molecular formula is C17H21NO3. The Kier molecular flexibility index (Phi) is 4.66. The van der Waals surface area contributed by atoms with Crippen molar-refractivity contribution in [3.05, 3.63) is 34.9 Å². The highest BCUT2D eigenvalue weighted by Crippen LogP contribution is 2.23. The number of aryl methyl sites for hydroxylation is 1. The van der Waals surface area contributed by atoms with Crippen molar-refractivity contribution in [2.24, 2.45) is 0 Å². The molecule has 4 nitrogen and oxygen atoms in total. The normalized spacial score (nSPS) is 17.0. The second-order valence-electron chi connectivity index (χ2n) is 5.84. The van der Waals surface area contributed by atoms with Crippen LogP contribution in [0.3, 0.4) is 0 Å². The maximum absolute atomic E-state index is 12.5. The van der Waals surface area contributed by atoms with Crippen LogP contribution in [0.25, 0.3) is 0 Å². The van der Waals surface area contributed by atoms with E-state index in [1.807, 2.05) is 26.0 Å². The molecule has 0 radical (unpaired) electrons. The monoisotopic (exact) mass is 287 g/mol. The number of piperidine rings is 1. The van der Waals surface area contributed by atoms with E-state index in [2.05, 4.69) is 11.8 Å². The van der Waals surface area contributed by atoms with E-state index < -0.39 is 5.60 Å². The van der Waals surface area contributed by atoms with E-state index in [0.29, 0.717) is 31.5 Å². The number of rotatable bonds is 1. The number of amides is 1. The van der Waals surface area contributed by atoms with Gasteiger partial charge >= 0.3 is 0 Å². The molecule has 1 aromatic rings. The molecule has 1 aromatic carbocycles. The number of carbonyl (C=O) groups excluding carboxylic acids is 1. The third-order valence-corrected chi connectivity index (χ3v) is 3.76. The summed E-state index contributed by atoms with van der Waals surface area (Å²) in [6.07, 6.45) is 1.20. The van der Waals surface area contributed by atoms with Crippen molar-refractivity contribution in [1.29, 1.82) is 0 Å². The summed E-state index contributed by atoms with van der Waals surface area (Å²) in [6.45, 7) is 4.67. The van der Waals surface area contributed by atoms with Gasteiger partial charge in [-0.05, 0) is 50.5 Å². The highest BCUT2D eigenvalue weighted by molar-refractivity contribution is 5.95. The maximum Gasteiger partial charge on any atom is 0.253 e. The van der Waals surface area contributed by atoms with E-state index in [0.717, 1.165) is 11.1 Å². The molecule has 0 spiro atoms. The quantitative estimate of drug-likeness (QED) is 0.766. The Balaban J connectivity index is 2.18.